The molecule has 4 rings (SSSR count). The van der Waals surface area contributed by atoms with Crippen LogP contribution in [0, 0.1) is 11.6 Å². The highest BCUT2D eigenvalue weighted by atomic mass is 19.1. The molecule has 0 bridgehead atoms. The highest BCUT2D eigenvalue weighted by Crippen LogP contribution is 2.31. The number of amides is 1. The number of fused-ring (bicyclic) bond motifs is 2. The van der Waals surface area contributed by atoms with Crippen molar-refractivity contribution in [3.05, 3.63) is 83.1 Å². The molecule has 6 nitrogen and oxygen atoms in total. The fraction of sp³-hybridized carbons (Fsp3) is 0.200. The Kier molecular flexibility index (Phi) is 6.26. The van der Waals surface area contributed by atoms with Gasteiger partial charge in [0.25, 0.3) is 0 Å². The average Bonchev–Trinajstić information content (AvgIpc) is 3.12. The lowest BCUT2D eigenvalue weighted by molar-refractivity contribution is 0.0513. The molecule has 0 atom stereocenters. The van der Waals surface area contributed by atoms with Gasteiger partial charge in [-0.15, -0.1) is 0 Å². The topological polar surface area (TPSA) is 69.6 Å². The third-order valence-corrected chi connectivity index (χ3v) is 5.47. The number of benzene rings is 3. The molecule has 1 aromatic heterocycles. The number of hydrogen-bond acceptors (Lipinski definition) is 4. The van der Waals surface area contributed by atoms with E-state index in [2.05, 4.69) is 10.1 Å². The predicted octanol–water partition coefficient (Wildman–Crippen LogP) is 5.15. The van der Waals surface area contributed by atoms with Gasteiger partial charge in [-0.3, -0.25) is 0 Å². The number of carbonyl (C=O) groups excluding carboxylic acids is 2. The van der Waals surface area contributed by atoms with Crippen LogP contribution >= 0.6 is 0 Å². The summed E-state index contributed by atoms with van der Waals surface area (Å²) >= 11 is 0. The monoisotopic (exact) mass is 452 g/mol. The molecule has 0 spiro atoms. The van der Waals surface area contributed by atoms with E-state index in [1.54, 1.807) is 29.7 Å². The van der Waals surface area contributed by atoms with Crippen molar-refractivity contribution in [3.63, 3.8) is 0 Å². The van der Waals surface area contributed by atoms with Crippen molar-refractivity contribution in [1.29, 1.82) is 0 Å². The molecule has 0 aliphatic heterocycles. The number of nitrogens with one attached hydrogen (secondary N) is 1. The molecule has 170 valence electrons. The van der Waals surface area contributed by atoms with E-state index in [1.165, 1.54) is 25.3 Å². The number of nitrogens with zero attached hydrogens (tertiary/aromatic N) is 1. The third-order valence-electron chi connectivity index (χ3n) is 5.47. The van der Waals surface area contributed by atoms with Gasteiger partial charge in [0.05, 0.1) is 19.2 Å². The molecule has 1 N–H and O–H groups in total. The second kappa shape index (κ2) is 9.28. The first-order chi connectivity index (χ1) is 15.9. The summed E-state index contributed by atoms with van der Waals surface area (Å²) in [6.07, 6.45) is -0.716. The van der Waals surface area contributed by atoms with Gasteiger partial charge in [-0.1, -0.05) is 30.3 Å². The SMILES string of the molecule is CCOC(=O)c1c(CNC(=O)OC)c2c(F)cccc2n1Cc1cccc2ccc(F)cc12. The summed E-state index contributed by atoms with van der Waals surface area (Å²) < 4.78 is 40.5. The Hall–Kier alpha value is -3.94. The van der Waals surface area contributed by atoms with Crippen molar-refractivity contribution in [2.75, 3.05) is 13.7 Å². The Morgan fingerprint density at radius 2 is 1.85 bits per heavy atom. The number of hydrogen-bond donors (Lipinski definition) is 1. The number of methoxy groups -OCH3 is 1. The minimum atomic E-state index is -0.716. The molecular formula is C25H22F2N2O4. The van der Waals surface area contributed by atoms with Crippen molar-refractivity contribution >= 4 is 33.7 Å². The van der Waals surface area contributed by atoms with Crippen LogP contribution in [0.5, 0.6) is 0 Å². The molecule has 0 aliphatic carbocycles. The van der Waals surface area contributed by atoms with Crippen molar-refractivity contribution in [2.45, 2.75) is 20.0 Å². The minimum Gasteiger partial charge on any atom is -0.461 e. The zero-order valence-electron chi connectivity index (χ0n) is 18.2. The number of esters is 1. The molecule has 0 radical (unpaired) electrons. The quantitative estimate of drug-likeness (QED) is 0.411. The van der Waals surface area contributed by atoms with Crippen LogP contribution in [-0.2, 0) is 22.6 Å². The van der Waals surface area contributed by atoms with Gasteiger partial charge in [-0.05, 0) is 47.5 Å². The zero-order valence-corrected chi connectivity index (χ0v) is 18.2. The van der Waals surface area contributed by atoms with Gasteiger partial charge in [-0.2, -0.15) is 0 Å². The molecule has 0 unspecified atom stereocenters. The lowest BCUT2D eigenvalue weighted by Crippen LogP contribution is -2.24. The Morgan fingerprint density at radius 1 is 1.06 bits per heavy atom. The van der Waals surface area contributed by atoms with E-state index in [9.17, 15) is 18.4 Å². The molecule has 0 aliphatic rings. The van der Waals surface area contributed by atoms with E-state index < -0.39 is 17.9 Å². The molecule has 33 heavy (non-hydrogen) atoms. The number of halogens is 2. The minimum absolute atomic E-state index is 0.113. The normalized spacial score (nSPS) is 11.0. The second-order valence-corrected chi connectivity index (χ2v) is 7.40. The van der Waals surface area contributed by atoms with Gasteiger partial charge < -0.3 is 19.4 Å². The van der Waals surface area contributed by atoms with Gasteiger partial charge in [0.15, 0.2) is 0 Å². The van der Waals surface area contributed by atoms with Crippen LogP contribution < -0.4 is 5.32 Å². The van der Waals surface area contributed by atoms with Crippen LogP contribution in [0.2, 0.25) is 0 Å². The van der Waals surface area contributed by atoms with Gasteiger partial charge in [0.1, 0.15) is 17.3 Å². The summed E-state index contributed by atoms with van der Waals surface area (Å²) in [4.78, 5) is 24.7. The Morgan fingerprint density at radius 3 is 2.61 bits per heavy atom. The Bertz CT molecular complexity index is 1360. The fourth-order valence-corrected chi connectivity index (χ4v) is 4.06. The maximum absolute atomic E-state index is 15.0. The van der Waals surface area contributed by atoms with Crippen molar-refractivity contribution in [2.24, 2.45) is 0 Å². The maximum Gasteiger partial charge on any atom is 0.407 e. The van der Waals surface area contributed by atoms with E-state index in [-0.39, 0.29) is 42.2 Å². The number of rotatable bonds is 6. The first-order valence-electron chi connectivity index (χ1n) is 10.4. The van der Waals surface area contributed by atoms with Gasteiger partial charge in [-0.25, -0.2) is 18.4 Å². The molecule has 3 aromatic carbocycles. The van der Waals surface area contributed by atoms with Crippen LogP contribution in [0.1, 0.15) is 28.5 Å². The number of alkyl carbamates (subject to hydrolysis) is 1. The standard InChI is InChI=1S/C25H22F2N2O4/c1-3-33-24(30)23-19(13-28-25(31)32-2)22-20(27)8-5-9-21(22)29(23)14-16-7-4-6-15-10-11-17(26)12-18(15)16/h4-12H,3,13-14H2,1-2H3,(H,28,31). The molecule has 0 saturated carbocycles. The van der Waals surface area contributed by atoms with Crippen LogP contribution in [0.4, 0.5) is 13.6 Å². The van der Waals surface area contributed by atoms with E-state index in [4.69, 9.17) is 4.74 Å². The first kappa shape index (κ1) is 22.3. The lowest BCUT2D eigenvalue weighted by Gasteiger charge is -2.14. The molecule has 8 heteroatoms. The molecule has 1 heterocycles. The number of ether oxygens (including phenoxy) is 2. The summed E-state index contributed by atoms with van der Waals surface area (Å²) in [7, 11) is 1.21. The van der Waals surface area contributed by atoms with E-state index in [0.29, 0.717) is 10.9 Å². The van der Waals surface area contributed by atoms with Gasteiger partial charge in [0, 0.05) is 24.0 Å². The lowest BCUT2D eigenvalue weighted by atomic mass is 10.0. The van der Waals surface area contributed by atoms with Gasteiger partial charge >= 0.3 is 12.1 Å². The number of aromatic nitrogens is 1. The van der Waals surface area contributed by atoms with Crippen LogP contribution in [-0.4, -0.2) is 30.3 Å². The highest BCUT2D eigenvalue weighted by Gasteiger charge is 2.26. The van der Waals surface area contributed by atoms with E-state index >= 15 is 0 Å². The molecular weight excluding hydrogens is 430 g/mol. The van der Waals surface area contributed by atoms with Gasteiger partial charge in [0.2, 0.25) is 0 Å². The molecule has 1 amide bonds. The number of carbonyl (C=O) groups is 2. The van der Waals surface area contributed by atoms with Crippen molar-refractivity contribution in [1.82, 2.24) is 9.88 Å². The average molecular weight is 452 g/mol. The fourth-order valence-electron chi connectivity index (χ4n) is 4.06. The molecule has 4 aromatic rings. The summed E-state index contributed by atoms with van der Waals surface area (Å²) in [6, 6.07) is 14.5. The Labute approximate surface area is 188 Å². The van der Waals surface area contributed by atoms with Crippen molar-refractivity contribution in [3.8, 4) is 0 Å². The molecule has 0 saturated heterocycles. The van der Waals surface area contributed by atoms with Crippen LogP contribution in [0.3, 0.4) is 0 Å². The smallest absolute Gasteiger partial charge is 0.407 e. The summed E-state index contributed by atoms with van der Waals surface area (Å²) in [5.74, 6) is -1.57. The highest BCUT2D eigenvalue weighted by molar-refractivity contribution is 6.00. The largest absolute Gasteiger partial charge is 0.461 e. The first-order valence-corrected chi connectivity index (χ1v) is 10.4. The zero-order chi connectivity index (χ0) is 23.5. The van der Waals surface area contributed by atoms with Crippen molar-refractivity contribution < 1.29 is 27.8 Å². The van der Waals surface area contributed by atoms with Crippen LogP contribution in [0.25, 0.3) is 21.7 Å². The summed E-state index contributed by atoms with van der Waals surface area (Å²) in [5.41, 5.74) is 1.58. The van der Waals surface area contributed by atoms with E-state index in [0.717, 1.165) is 10.9 Å². The summed E-state index contributed by atoms with van der Waals surface area (Å²) in [5, 5.41) is 4.23. The van der Waals surface area contributed by atoms with Crippen LogP contribution in [0.15, 0.2) is 54.6 Å². The second-order valence-electron chi connectivity index (χ2n) is 7.40. The maximum atomic E-state index is 15.0. The molecule has 0 fully saturated rings. The Balaban J connectivity index is 1.95. The summed E-state index contributed by atoms with van der Waals surface area (Å²) in [6.45, 7) is 1.81. The third kappa shape index (κ3) is 4.24. The predicted molar refractivity (Wildman–Crippen MR) is 120 cm³/mol. The van der Waals surface area contributed by atoms with E-state index in [1.807, 2.05) is 18.2 Å².